The van der Waals surface area contributed by atoms with Gasteiger partial charge in [-0.1, -0.05) is 6.92 Å². The maximum Gasteiger partial charge on any atom is 0.265 e. The summed E-state index contributed by atoms with van der Waals surface area (Å²) in [6.07, 6.45) is 7.02. The quantitative estimate of drug-likeness (QED) is 0.876. The second-order valence-corrected chi connectivity index (χ2v) is 7.77. The van der Waals surface area contributed by atoms with Crippen molar-refractivity contribution in [1.29, 1.82) is 0 Å². The fourth-order valence-electron chi connectivity index (χ4n) is 3.06. The molecular formula is C17H27N3OS. The number of rotatable bonds is 6. The van der Waals surface area contributed by atoms with Crippen molar-refractivity contribution in [3.8, 4) is 0 Å². The molecule has 1 saturated carbocycles. The normalized spacial score (nSPS) is 19.6. The van der Waals surface area contributed by atoms with E-state index in [0.29, 0.717) is 6.04 Å². The van der Waals surface area contributed by atoms with Gasteiger partial charge in [-0.25, -0.2) is 4.98 Å². The number of carbonyl (C=O) groups is 1. The molecule has 22 heavy (non-hydrogen) atoms. The lowest BCUT2D eigenvalue weighted by Gasteiger charge is -2.32. The molecule has 5 heteroatoms. The van der Waals surface area contributed by atoms with Crippen LogP contribution in [0, 0.1) is 12.8 Å². The molecule has 0 atom stereocenters. The molecule has 1 N–H and O–H groups in total. The molecule has 2 heterocycles. The smallest absolute Gasteiger partial charge is 0.265 e. The lowest BCUT2D eigenvalue weighted by molar-refractivity contribution is 0.0709. The number of hydrogen-bond donors (Lipinski definition) is 1. The molecule has 0 bridgehead atoms. The fraction of sp³-hybridized carbons (Fsp3) is 0.765. The number of thiazole rings is 1. The third-order valence-corrected chi connectivity index (χ3v) is 5.88. The van der Waals surface area contributed by atoms with E-state index in [9.17, 15) is 4.79 Å². The van der Waals surface area contributed by atoms with Crippen molar-refractivity contribution in [2.24, 2.45) is 5.92 Å². The summed E-state index contributed by atoms with van der Waals surface area (Å²) in [5, 5.41) is 4.77. The zero-order valence-corrected chi connectivity index (χ0v) is 14.5. The molecule has 1 saturated heterocycles. The molecule has 3 rings (SSSR count). The topological polar surface area (TPSA) is 45.2 Å². The Morgan fingerprint density at radius 1 is 1.32 bits per heavy atom. The number of nitrogens with one attached hydrogen (secondary N) is 1. The summed E-state index contributed by atoms with van der Waals surface area (Å²) >= 11 is 1.59. The Morgan fingerprint density at radius 2 is 2.05 bits per heavy atom. The summed E-state index contributed by atoms with van der Waals surface area (Å²) in [5.41, 5.74) is 0.910. The molecule has 0 aromatic carbocycles. The van der Waals surface area contributed by atoms with Gasteiger partial charge in [-0.15, -0.1) is 11.3 Å². The average molecular weight is 321 g/mol. The zero-order chi connectivity index (χ0) is 15.5. The van der Waals surface area contributed by atoms with Crippen LogP contribution in [0.5, 0.6) is 0 Å². The number of hydrogen-bond acceptors (Lipinski definition) is 4. The number of likely N-dealkylation sites (tertiary alicyclic amines) is 1. The van der Waals surface area contributed by atoms with E-state index >= 15 is 0 Å². The van der Waals surface area contributed by atoms with Gasteiger partial charge in [0.2, 0.25) is 0 Å². The fourth-order valence-corrected chi connectivity index (χ4v) is 4.19. The van der Waals surface area contributed by atoms with Crippen LogP contribution in [0.25, 0.3) is 0 Å². The molecule has 1 aliphatic heterocycles. The molecule has 2 fully saturated rings. The summed E-state index contributed by atoms with van der Waals surface area (Å²) in [7, 11) is 0. The molecule has 1 aliphatic carbocycles. The van der Waals surface area contributed by atoms with E-state index in [1.165, 1.54) is 19.4 Å². The van der Waals surface area contributed by atoms with Crippen molar-refractivity contribution in [3.05, 3.63) is 15.6 Å². The van der Waals surface area contributed by atoms with Crippen LogP contribution < -0.4 is 5.32 Å². The number of piperidine rings is 1. The standard InChI is InChI=1S/C17H27N3OS/c1-3-4-15-19-12(2)16(22-15)17(21)20-9-7-14(8-10-20)18-11-13-5-6-13/h13-14,18H,3-11H2,1-2H3. The monoisotopic (exact) mass is 321 g/mol. The highest BCUT2D eigenvalue weighted by Gasteiger charge is 2.27. The first-order valence-electron chi connectivity index (χ1n) is 8.66. The first-order valence-corrected chi connectivity index (χ1v) is 9.48. The van der Waals surface area contributed by atoms with Gasteiger partial charge in [0, 0.05) is 19.1 Å². The molecule has 1 aromatic heterocycles. The van der Waals surface area contributed by atoms with Crippen molar-refractivity contribution in [2.45, 2.75) is 58.4 Å². The number of amides is 1. The molecule has 1 amide bonds. The van der Waals surface area contributed by atoms with Crippen molar-refractivity contribution in [2.75, 3.05) is 19.6 Å². The van der Waals surface area contributed by atoms with Crippen LogP contribution >= 0.6 is 11.3 Å². The van der Waals surface area contributed by atoms with E-state index in [1.54, 1.807) is 11.3 Å². The molecule has 1 aromatic rings. The Balaban J connectivity index is 1.52. The van der Waals surface area contributed by atoms with Crippen LogP contribution in [0.2, 0.25) is 0 Å². The van der Waals surface area contributed by atoms with Gasteiger partial charge in [0.15, 0.2) is 0 Å². The highest BCUT2D eigenvalue weighted by atomic mass is 32.1. The Kier molecular flexibility index (Phi) is 5.14. The molecule has 0 radical (unpaired) electrons. The summed E-state index contributed by atoms with van der Waals surface area (Å²) in [6, 6.07) is 0.600. The predicted octanol–water partition coefficient (Wildman–Crippen LogP) is 3.01. The largest absolute Gasteiger partial charge is 0.338 e. The molecule has 2 aliphatic rings. The molecule has 0 unspecified atom stereocenters. The first-order chi connectivity index (χ1) is 10.7. The van der Waals surface area contributed by atoms with Crippen LogP contribution in [0.4, 0.5) is 0 Å². The summed E-state index contributed by atoms with van der Waals surface area (Å²) < 4.78 is 0. The summed E-state index contributed by atoms with van der Waals surface area (Å²) in [5.74, 6) is 1.12. The van der Waals surface area contributed by atoms with Gasteiger partial charge < -0.3 is 10.2 Å². The van der Waals surface area contributed by atoms with E-state index < -0.39 is 0 Å². The van der Waals surface area contributed by atoms with Crippen molar-refractivity contribution in [3.63, 3.8) is 0 Å². The number of aryl methyl sites for hydroxylation is 2. The maximum absolute atomic E-state index is 12.7. The van der Waals surface area contributed by atoms with E-state index in [4.69, 9.17) is 0 Å². The Labute approximate surface area is 137 Å². The van der Waals surface area contributed by atoms with Crippen LogP contribution in [0.1, 0.15) is 59.4 Å². The van der Waals surface area contributed by atoms with Crippen LogP contribution in [0.15, 0.2) is 0 Å². The highest BCUT2D eigenvalue weighted by Crippen LogP contribution is 2.28. The first kappa shape index (κ1) is 15.9. The van der Waals surface area contributed by atoms with Crippen molar-refractivity contribution >= 4 is 17.2 Å². The number of aromatic nitrogens is 1. The minimum absolute atomic E-state index is 0.193. The van der Waals surface area contributed by atoms with Gasteiger partial charge in [0.05, 0.1) is 10.7 Å². The minimum atomic E-state index is 0.193. The SMILES string of the molecule is CCCc1nc(C)c(C(=O)N2CCC(NCC3CC3)CC2)s1. The van der Waals surface area contributed by atoms with Gasteiger partial charge in [0.25, 0.3) is 5.91 Å². The Hall–Kier alpha value is -0.940. The highest BCUT2D eigenvalue weighted by molar-refractivity contribution is 7.13. The Morgan fingerprint density at radius 3 is 2.68 bits per heavy atom. The van der Waals surface area contributed by atoms with Crippen LogP contribution in [-0.2, 0) is 6.42 Å². The lowest BCUT2D eigenvalue weighted by Crippen LogP contribution is -2.45. The lowest BCUT2D eigenvalue weighted by atomic mass is 10.0. The van der Waals surface area contributed by atoms with Crippen LogP contribution in [0.3, 0.4) is 0 Å². The zero-order valence-electron chi connectivity index (χ0n) is 13.7. The van der Waals surface area contributed by atoms with Gasteiger partial charge in [-0.2, -0.15) is 0 Å². The summed E-state index contributed by atoms with van der Waals surface area (Å²) in [4.78, 5) is 20.1. The number of carbonyl (C=O) groups excluding carboxylic acids is 1. The van der Waals surface area contributed by atoms with E-state index in [2.05, 4.69) is 17.2 Å². The number of nitrogens with zero attached hydrogens (tertiary/aromatic N) is 2. The van der Waals surface area contributed by atoms with Crippen molar-refractivity contribution in [1.82, 2.24) is 15.2 Å². The third kappa shape index (κ3) is 3.87. The molecule has 4 nitrogen and oxygen atoms in total. The summed E-state index contributed by atoms with van der Waals surface area (Å²) in [6.45, 7) is 7.04. The predicted molar refractivity (Wildman–Crippen MR) is 90.5 cm³/mol. The third-order valence-electron chi connectivity index (χ3n) is 4.67. The second-order valence-electron chi connectivity index (χ2n) is 6.69. The van der Waals surface area contributed by atoms with E-state index in [-0.39, 0.29) is 5.91 Å². The van der Waals surface area contributed by atoms with E-state index in [0.717, 1.165) is 60.3 Å². The molecule has 122 valence electrons. The van der Waals surface area contributed by atoms with Crippen molar-refractivity contribution < 1.29 is 4.79 Å². The van der Waals surface area contributed by atoms with Crippen LogP contribution in [-0.4, -0.2) is 41.5 Å². The average Bonchev–Trinajstić information content (AvgIpc) is 3.28. The van der Waals surface area contributed by atoms with Gasteiger partial charge >= 0.3 is 0 Å². The molecule has 0 spiro atoms. The Bertz CT molecular complexity index is 516. The minimum Gasteiger partial charge on any atom is -0.338 e. The maximum atomic E-state index is 12.7. The van der Waals surface area contributed by atoms with Gasteiger partial charge in [-0.05, 0) is 57.9 Å². The van der Waals surface area contributed by atoms with E-state index in [1.807, 2.05) is 11.8 Å². The second kappa shape index (κ2) is 7.09. The molecular weight excluding hydrogens is 294 g/mol. The van der Waals surface area contributed by atoms with Gasteiger partial charge in [-0.3, -0.25) is 4.79 Å². The van der Waals surface area contributed by atoms with Gasteiger partial charge in [0.1, 0.15) is 4.88 Å².